The Morgan fingerprint density at radius 3 is 2.61 bits per heavy atom. The second-order valence-corrected chi connectivity index (χ2v) is 4.97. The summed E-state index contributed by atoms with van der Waals surface area (Å²) < 4.78 is 5.39. The maximum absolute atomic E-state index is 5.79. The Hall–Kier alpha value is -0.940. The highest BCUT2D eigenvalue weighted by Crippen LogP contribution is 2.24. The van der Waals surface area contributed by atoms with Crippen LogP contribution in [0.25, 0.3) is 0 Å². The SMILES string of the molecule is CCOc1nc(SCCN(CC)CC)ccc1N. The summed E-state index contributed by atoms with van der Waals surface area (Å²) >= 11 is 1.74. The van der Waals surface area contributed by atoms with Gasteiger partial charge in [-0.2, -0.15) is 0 Å². The fourth-order valence-electron chi connectivity index (χ4n) is 1.59. The number of rotatable bonds is 8. The lowest BCUT2D eigenvalue weighted by molar-refractivity contribution is 0.323. The third-order valence-electron chi connectivity index (χ3n) is 2.70. The summed E-state index contributed by atoms with van der Waals surface area (Å²) in [6, 6.07) is 3.81. The molecule has 0 aliphatic rings. The van der Waals surface area contributed by atoms with Crippen LogP contribution in [0.1, 0.15) is 20.8 Å². The van der Waals surface area contributed by atoms with E-state index in [1.54, 1.807) is 11.8 Å². The lowest BCUT2D eigenvalue weighted by atomic mass is 10.4. The zero-order valence-electron chi connectivity index (χ0n) is 11.5. The molecule has 0 saturated carbocycles. The van der Waals surface area contributed by atoms with Crippen molar-refractivity contribution in [1.29, 1.82) is 0 Å². The average molecular weight is 269 g/mol. The van der Waals surface area contributed by atoms with Crippen molar-refractivity contribution < 1.29 is 4.74 Å². The summed E-state index contributed by atoms with van der Waals surface area (Å²) in [4.78, 5) is 6.80. The van der Waals surface area contributed by atoms with E-state index in [1.807, 2.05) is 19.1 Å². The predicted octanol–water partition coefficient (Wildman–Crippen LogP) is 2.50. The number of nitrogens with zero attached hydrogens (tertiary/aromatic N) is 2. The molecule has 0 aliphatic heterocycles. The molecule has 0 fully saturated rings. The maximum Gasteiger partial charge on any atom is 0.238 e. The molecule has 0 spiro atoms. The first kappa shape index (κ1) is 15.1. The molecular formula is C13H23N3OS. The van der Waals surface area contributed by atoms with E-state index in [2.05, 4.69) is 23.7 Å². The Morgan fingerprint density at radius 1 is 1.28 bits per heavy atom. The summed E-state index contributed by atoms with van der Waals surface area (Å²) in [7, 11) is 0. The van der Waals surface area contributed by atoms with E-state index in [1.165, 1.54) is 0 Å². The van der Waals surface area contributed by atoms with E-state index in [9.17, 15) is 0 Å². The Labute approximate surface area is 114 Å². The van der Waals surface area contributed by atoms with E-state index < -0.39 is 0 Å². The van der Waals surface area contributed by atoms with Crippen LogP contribution in [0, 0.1) is 0 Å². The zero-order chi connectivity index (χ0) is 13.4. The highest BCUT2D eigenvalue weighted by atomic mass is 32.2. The Balaban J connectivity index is 2.49. The predicted molar refractivity (Wildman–Crippen MR) is 78.3 cm³/mol. The molecule has 102 valence electrons. The number of pyridine rings is 1. The first-order valence-corrected chi connectivity index (χ1v) is 7.44. The van der Waals surface area contributed by atoms with E-state index in [0.717, 1.165) is 30.4 Å². The Kier molecular flexibility index (Phi) is 6.90. The summed E-state index contributed by atoms with van der Waals surface area (Å²) in [6.07, 6.45) is 0. The van der Waals surface area contributed by atoms with Crippen LogP contribution in [-0.2, 0) is 0 Å². The number of hydrogen-bond donors (Lipinski definition) is 1. The van der Waals surface area contributed by atoms with Crippen molar-refractivity contribution in [2.45, 2.75) is 25.8 Å². The van der Waals surface area contributed by atoms with Crippen LogP contribution in [-0.4, -0.2) is 41.9 Å². The molecule has 5 heteroatoms. The monoisotopic (exact) mass is 269 g/mol. The summed E-state index contributed by atoms with van der Waals surface area (Å²) in [5.41, 5.74) is 6.39. The van der Waals surface area contributed by atoms with Gasteiger partial charge in [-0.05, 0) is 32.1 Å². The third kappa shape index (κ3) is 4.74. The van der Waals surface area contributed by atoms with E-state index in [4.69, 9.17) is 10.5 Å². The normalized spacial score (nSPS) is 10.9. The van der Waals surface area contributed by atoms with Crippen molar-refractivity contribution in [3.8, 4) is 5.88 Å². The van der Waals surface area contributed by atoms with Crippen molar-refractivity contribution in [2.24, 2.45) is 0 Å². The molecule has 1 rings (SSSR count). The van der Waals surface area contributed by atoms with E-state index in [-0.39, 0.29) is 0 Å². The van der Waals surface area contributed by atoms with Crippen LogP contribution in [0.2, 0.25) is 0 Å². The lowest BCUT2D eigenvalue weighted by Gasteiger charge is -2.17. The molecule has 1 heterocycles. The minimum Gasteiger partial charge on any atom is -0.476 e. The summed E-state index contributed by atoms with van der Waals surface area (Å²) in [5, 5.41) is 0.972. The van der Waals surface area contributed by atoms with Crippen molar-refractivity contribution >= 4 is 17.4 Å². The number of anilines is 1. The van der Waals surface area contributed by atoms with Gasteiger partial charge in [-0.3, -0.25) is 0 Å². The first-order valence-electron chi connectivity index (χ1n) is 6.45. The van der Waals surface area contributed by atoms with Crippen LogP contribution in [0.15, 0.2) is 17.2 Å². The molecule has 1 aromatic rings. The molecule has 0 atom stereocenters. The fourth-order valence-corrected chi connectivity index (χ4v) is 2.46. The average Bonchev–Trinajstić information content (AvgIpc) is 2.38. The van der Waals surface area contributed by atoms with Gasteiger partial charge in [0.05, 0.1) is 12.3 Å². The van der Waals surface area contributed by atoms with E-state index in [0.29, 0.717) is 18.2 Å². The third-order valence-corrected chi connectivity index (χ3v) is 3.61. The van der Waals surface area contributed by atoms with Crippen LogP contribution >= 0.6 is 11.8 Å². The van der Waals surface area contributed by atoms with Crippen molar-refractivity contribution in [3.63, 3.8) is 0 Å². The molecule has 0 saturated heterocycles. The maximum atomic E-state index is 5.79. The van der Waals surface area contributed by atoms with Gasteiger partial charge in [-0.25, -0.2) is 4.98 Å². The molecule has 2 N–H and O–H groups in total. The van der Waals surface area contributed by atoms with Crippen molar-refractivity contribution in [3.05, 3.63) is 12.1 Å². The van der Waals surface area contributed by atoms with Gasteiger partial charge in [0.15, 0.2) is 0 Å². The van der Waals surface area contributed by atoms with Gasteiger partial charge in [-0.1, -0.05) is 13.8 Å². The molecule has 0 aromatic carbocycles. The van der Waals surface area contributed by atoms with Gasteiger partial charge in [0.2, 0.25) is 5.88 Å². The number of aromatic nitrogens is 1. The molecule has 0 amide bonds. The topological polar surface area (TPSA) is 51.4 Å². The van der Waals surface area contributed by atoms with Crippen molar-refractivity contribution in [1.82, 2.24) is 9.88 Å². The second-order valence-electron chi connectivity index (χ2n) is 3.85. The van der Waals surface area contributed by atoms with Gasteiger partial charge in [0.25, 0.3) is 0 Å². The number of hydrogen-bond acceptors (Lipinski definition) is 5. The van der Waals surface area contributed by atoms with Crippen LogP contribution < -0.4 is 10.5 Å². The van der Waals surface area contributed by atoms with E-state index >= 15 is 0 Å². The number of ether oxygens (including phenoxy) is 1. The first-order chi connectivity index (χ1) is 8.71. The molecule has 0 bridgehead atoms. The number of nitrogen functional groups attached to an aromatic ring is 1. The quantitative estimate of drug-likeness (QED) is 0.735. The van der Waals surface area contributed by atoms with Crippen LogP contribution in [0.5, 0.6) is 5.88 Å². The fraction of sp³-hybridized carbons (Fsp3) is 0.615. The van der Waals surface area contributed by atoms with Gasteiger partial charge >= 0.3 is 0 Å². The Morgan fingerprint density at radius 2 is 2.00 bits per heavy atom. The molecule has 0 radical (unpaired) electrons. The van der Waals surface area contributed by atoms with Crippen LogP contribution in [0.4, 0.5) is 5.69 Å². The highest BCUT2D eigenvalue weighted by Gasteiger charge is 2.05. The lowest BCUT2D eigenvalue weighted by Crippen LogP contribution is -2.25. The van der Waals surface area contributed by atoms with Gasteiger partial charge in [-0.15, -0.1) is 11.8 Å². The number of nitrogens with two attached hydrogens (primary N) is 1. The molecule has 4 nitrogen and oxygen atoms in total. The largest absolute Gasteiger partial charge is 0.476 e. The summed E-state index contributed by atoms with van der Waals surface area (Å²) in [5.74, 6) is 1.58. The second kappa shape index (κ2) is 8.21. The summed E-state index contributed by atoms with van der Waals surface area (Å²) in [6.45, 7) is 10.2. The van der Waals surface area contributed by atoms with Crippen LogP contribution in [0.3, 0.4) is 0 Å². The molecular weight excluding hydrogens is 246 g/mol. The number of thioether (sulfide) groups is 1. The standard InChI is InChI=1S/C13H23N3OS/c1-4-16(5-2)9-10-18-12-8-7-11(14)13(15-12)17-6-3/h7-8H,4-6,9-10,14H2,1-3H3. The molecule has 0 unspecified atom stereocenters. The van der Waals surface area contributed by atoms with Gasteiger partial charge in [0.1, 0.15) is 5.03 Å². The minimum absolute atomic E-state index is 0.547. The minimum atomic E-state index is 0.547. The molecule has 18 heavy (non-hydrogen) atoms. The van der Waals surface area contributed by atoms with Gasteiger partial charge in [0, 0.05) is 12.3 Å². The van der Waals surface area contributed by atoms with Crippen molar-refractivity contribution in [2.75, 3.05) is 37.7 Å². The smallest absolute Gasteiger partial charge is 0.238 e. The highest BCUT2D eigenvalue weighted by molar-refractivity contribution is 7.99. The Bertz CT molecular complexity index is 356. The van der Waals surface area contributed by atoms with Gasteiger partial charge < -0.3 is 15.4 Å². The molecule has 0 aliphatic carbocycles. The molecule has 1 aromatic heterocycles. The zero-order valence-corrected chi connectivity index (χ0v) is 12.3.